The minimum Gasteiger partial charge on any atom is -0.396 e. The van der Waals surface area contributed by atoms with Crippen LogP contribution in [0, 0.1) is 5.82 Å². The van der Waals surface area contributed by atoms with Crippen LogP contribution in [0.2, 0.25) is 0 Å². The number of benzene rings is 2. The molecule has 6 heteroatoms. The number of aliphatic hydroxyl groups excluding tert-OH is 1. The number of hydrazine groups is 1. The zero-order valence-electron chi connectivity index (χ0n) is 12.6. The van der Waals surface area contributed by atoms with Gasteiger partial charge in [0.05, 0.1) is 11.7 Å². The largest absolute Gasteiger partial charge is 0.396 e. The summed E-state index contributed by atoms with van der Waals surface area (Å²) in [6, 6.07) is 14.6. The Morgan fingerprint density at radius 1 is 1.09 bits per heavy atom. The second kappa shape index (κ2) is 8.75. The first-order chi connectivity index (χ1) is 11.2. The fourth-order valence-corrected chi connectivity index (χ4v) is 2.16. The molecular formula is C17H20FN3O2. The van der Waals surface area contributed by atoms with Crippen LogP contribution in [-0.2, 0) is 0 Å². The Kier molecular flexibility index (Phi) is 6.38. The molecule has 0 bridgehead atoms. The van der Waals surface area contributed by atoms with E-state index in [9.17, 15) is 9.18 Å². The fourth-order valence-electron chi connectivity index (χ4n) is 2.16. The summed E-state index contributed by atoms with van der Waals surface area (Å²) < 4.78 is 12.8. The lowest BCUT2D eigenvalue weighted by Crippen LogP contribution is -2.41. The minimum atomic E-state index is -0.402. The molecule has 0 radical (unpaired) electrons. The maximum Gasteiger partial charge on any atom is 0.333 e. The van der Waals surface area contributed by atoms with Crippen molar-refractivity contribution in [2.45, 2.75) is 18.9 Å². The van der Waals surface area contributed by atoms with E-state index in [1.807, 2.05) is 30.3 Å². The number of carbonyl (C=O) groups is 1. The lowest BCUT2D eigenvalue weighted by atomic mass is 10.0. The van der Waals surface area contributed by atoms with Crippen molar-refractivity contribution in [2.75, 3.05) is 12.0 Å². The molecule has 0 aliphatic heterocycles. The summed E-state index contributed by atoms with van der Waals surface area (Å²) >= 11 is 0. The summed E-state index contributed by atoms with van der Waals surface area (Å²) in [5.41, 5.74) is 6.76. The average Bonchev–Trinajstić information content (AvgIpc) is 2.59. The molecule has 5 nitrogen and oxygen atoms in total. The first-order valence-corrected chi connectivity index (χ1v) is 7.43. The van der Waals surface area contributed by atoms with Gasteiger partial charge >= 0.3 is 6.03 Å². The molecule has 2 amide bonds. The van der Waals surface area contributed by atoms with Gasteiger partial charge in [-0.3, -0.25) is 10.9 Å². The van der Waals surface area contributed by atoms with Crippen molar-refractivity contribution in [3.8, 4) is 0 Å². The predicted molar refractivity (Wildman–Crippen MR) is 87.2 cm³/mol. The molecule has 0 aliphatic rings. The van der Waals surface area contributed by atoms with Gasteiger partial charge in [0.25, 0.3) is 0 Å². The van der Waals surface area contributed by atoms with Crippen LogP contribution in [0.3, 0.4) is 0 Å². The summed E-state index contributed by atoms with van der Waals surface area (Å²) in [6.45, 7) is 0.0699. The van der Waals surface area contributed by atoms with Gasteiger partial charge in [0.15, 0.2) is 0 Å². The highest BCUT2D eigenvalue weighted by Crippen LogP contribution is 2.17. The Hall–Kier alpha value is -2.60. The highest BCUT2D eigenvalue weighted by atomic mass is 19.1. The number of halogens is 1. The standard InChI is InChI=1S/C17H20FN3O2/c18-14-8-10-15(11-9-14)20-21-17(23)19-16(7-4-12-22)13-5-2-1-3-6-13/h1-3,5-6,8-11,16,20,22H,4,7,12H2,(H2,19,21,23). The van der Waals surface area contributed by atoms with E-state index >= 15 is 0 Å². The van der Waals surface area contributed by atoms with Gasteiger partial charge in [-0.1, -0.05) is 30.3 Å². The molecule has 0 aromatic heterocycles. The molecule has 1 unspecified atom stereocenters. The highest BCUT2D eigenvalue weighted by molar-refractivity contribution is 5.76. The molecule has 4 N–H and O–H groups in total. The summed E-state index contributed by atoms with van der Waals surface area (Å²) in [6.07, 6.45) is 1.22. The Morgan fingerprint density at radius 3 is 2.43 bits per heavy atom. The molecule has 2 aromatic carbocycles. The van der Waals surface area contributed by atoms with Crippen LogP contribution in [0.1, 0.15) is 24.4 Å². The number of urea groups is 1. The molecule has 122 valence electrons. The summed E-state index contributed by atoms with van der Waals surface area (Å²) in [5, 5.41) is 11.9. The van der Waals surface area contributed by atoms with Crippen molar-refractivity contribution in [3.05, 3.63) is 66.0 Å². The molecule has 1 atom stereocenters. The Morgan fingerprint density at radius 2 is 1.78 bits per heavy atom. The van der Waals surface area contributed by atoms with Crippen molar-refractivity contribution in [1.82, 2.24) is 10.7 Å². The molecule has 0 saturated carbocycles. The quantitative estimate of drug-likeness (QED) is 0.593. The number of rotatable bonds is 7. The minimum absolute atomic E-state index is 0.0699. The fraction of sp³-hybridized carbons (Fsp3) is 0.235. The number of amides is 2. The number of hydrogen-bond donors (Lipinski definition) is 4. The summed E-state index contributed by atoms with van der Waals surface area (Å²) in [5.74, 6) is -0.340. The smallest absolute Gasteiger partial charge is 0.333 e. The lowest BCUT2D eigenvalue weighted by molar-refractivity contribution is 0.235. The van der Waals surface area contributed by atoms with Crippen LogP contribution < -0.4 is 16.2 Å². The Labute approximate surface area is 134 Å². The third kappa shape index (κ3) is 5.60. The van der Waals surface area contributed by atoms with E-state index in [1.54, 1.807) is 0 Å². The number of aliphatic hydroxyl groups is 1. The van der Waals surface area contributed by atoms with Gasteiger partial charge in [0, 0.05) is 6.61 Å². The molecular weight excluding hydrogens is 297 g/mol. The van der Waals surface area contributed by atoms with E-state index in [4.69, 9.17) is 5.11 Å². The zero-order chi connectivity index (χ0) is 16.5. The predicted octanol–water partition coefficient (Wildman–Crippen LogP) is 2.97. The van der Waals surface area contributed by atoms with Gasteiger partial charge in [0.2, 0.25) is 0 Å². The van der Waals surface area contributed by atoms with Gasteiger partial charge in [0.1, 0.15) is 5.82 Å². The number of carbonyl (C=O) groups excluding carboxylic acids is 1. The first-order valence-electron chi connectivity index (χ1n) is 7.43. The van der Waals surface area contributed by atoms with Crippen molar-refractivity contribution in [2.24, 2.45) is 0 Å². The summed E-state index contributed by atoms with van der Waals surface area (Å²) in [7, 11) is 0. The first kappa shape index (κ1) is 16.8. The van der Waals surface area contributed by atoms with E-state index in [-0.39, 0.29) is 18.5 Å². The van der Waals surface area contributed by atoms with E-state index in [2.05, 4.69) is 16.2 Å². The second-order valence-electron chi connectivity index (χ2n) is 5.06. The van der Waals surface area contributed by atoms with Crippen LogP contribution >= 0.6 is 0 Å². The van der Waals surface area contributed by atoms with Crippen molar-refractivity contribution >= 4 is 11.7 Å². The van der Waals surface area contributed by atoms with Crippen LogP contribution in [0.15, 0.2) is 54.6 Å². The average molecular weight is 317 g/mol. The highest BCUT2D eigenvalue weighted by Gasteiger charge is 2.13. The molecule has 0 heterocycles. The maximum absolute atomic E-state index is 12.8. The van der Waals surface area contributed by atoms with E-state index in [0.717, 1.165) is 5.56 Å². The van der Waals surface area contributed by atoms with E-state index in [1.165, 1.54) is 24.3 Å². The van der Waals surface area contributed by atoms with Crippen molar-refractivity contribution in [1.29, 1.82) is 0 Å². The molecule has 0 fully saturated rings. The van der Waals surface area contributed by atoms with Gasteiger partial charge < -0.3 is 10.4 Å². The Bertz CT molecular complexity index is 605. The molecule has 2 aromatic rings. The van der Waals surface area contributed by atoms with Crippen LogP contribution in [0.25, 0.3) is 0 Å². The molecule has 2 rings (SSSR count). The molecule has 0 aliphatic carbocycles. The topological polar surface area (TPSA) is 73.4 Å². The zero-order valence-corrected chi connectivity index (χ0v) is 12.6. The lowest BCUT2D eigenvalue weighted by Gasteiger charge is -2.19. The van der Waals surface area contributed by atoms with Crippen LogP contribution in [0.4, 0.5) is 14.9 Å². The van der Waals surface area contributed by atoms with Gasteiger partial charge in [-0.25, -0.2) is 9.18 Å². The van der Waals surface area contributed by atoms with E-state index in [0.29, 0.717) is 18.5 Å². The van der Waals surface area contributed by atoms with Crippen LogP contribution in [-0.4, -0.2) is 17.7 Å². The molecule has 0 spiro atoms. The third-order valence-electron chi connectivity index (χ3n) is 3.32. The van der Waals surface area contributed by atoms with Crippen molar-refractivity contribution in [3.63, 3.8) is 0 Å². The number of anilines is 1. The van der Waals surface area contributed by atoms with E-state index < -0.39 is 6.03 Å². The summed E-state index contributed by atoms with van der Waals surface area (Å²) in [4.78, 5) is 12.0. The number of hydrogen-bond acceptors (Lipinski definition) is 3. The van der Waals surface area contributed by atoms with Crippen LogP contribution in [0.5, 0.6) is 0 Å². The third-order valence-corrected chi connectivity index (χ3v) is 3.32. The molecule has 23 heavy (non-hydrogen) atoms. The molecule has 0 saturated heterocycles. The maximum atomic E-state index is 12.8. The normalized spacial score (nSPS) is 11.6. The second-order valence-corrected chi connectivity index (χ2v) is 5.06. The SMILES string of the molecule is O=C(NNc1ccc(F)cc1)NC(CCCO)c1ccccc1. The van der Waals surface area contributed by atoms with Gasteiger partial charge in [-0.15, -0.1) is 0 Å². The monoisotopic (exact) mass is 317 g/mol. The van der Waals surface area contributed by atoms with Gasteiger partial charge in [-0.05, 0) is 42.7 Å². The van der Waals surface area contributed by atoms with Gasteiger partial charge in [-0.2, -0.15) is 0 Å². The number of nitrogens with one attached hydrogen (secondary N) is 3. The Balaban J connectivity index is 1.90. The van der Waals surface area contributed by atoms with Crippen molar-refractivity contribution < 1.29 is 14.3 Å².